The molecule has 0 aliphatic heterocycles. The number of aliphatic hydroxyl groups excluding tert-OH is 2. The van der Waals surface area contributed by atoms with Crippen LogP contribution in [0.15, 0.2) is 0 Å². The maximum Gasteiger partial charge on any atom is 0.111 e. The van der Waals surface area contributed by atoms with Crippen LogP contribution in [0, 0.1) is 5.41 Å². The van der Waals surface area contributed by atoms with Gasteiger partial charge in [0, 0.05) is 0 Å². The molecule has 0 aliphatic rings. The summed E-state index contributed by atoms with van der Waals surface area (Å²) in [6.45, 7) is 5.86. The lowest BCUT2D eigenvalue weighted by molar-refractivity contribution is -0.0629. The Balaban J connectivity index is 3.96. The number of rotatable bonds is 8. The van der Waals surface area contributed by atoms with Gasteiger partial charge in [-0.15, -0.1) is 0 Å². The molecule has 0 aliphatic carbocycles. The normalized spacial score (nSPS) is 13.2. The molecule has 0 spiro atoms. The zero-order valence-corrected chi connectivity index (χ0v) is 10.3. The molecule has 0 rings (SSSR count). The standard InChI is InChI=1S/C12H26O3/c1-4-11(3,5-2)7-6-8-12(15,9-13)10-14/h13-15H,4-10H2,1-3H3. The SMILES string of the molecule is CCC(C)(CC)CCCC(O)(CO)CO. The van der Waals surface area contributed by atoms with Crippen LogP contribution >= 0.6 is 0 Å². The van der Waals surface area contributed by atoms with Gasteiger partial charge in [-0.1, -0.05) is 33.6 Å². The van der Waals surface area contributed by atoms with Gasteiger partial charge in [-0.3, -0.25) is 0 Å². The van der Waals surface area contributed by atoms with Crippen LogP contribution in [-0.4, -0.2) is 34.1 Å². The highest BCUT2D eigenvalue weighted by Gasteiger charge is 2.26. The van der Waals surface area contributed by atoms with Gasteiger partial charge >= 0.3 is 0 Å². The van der Waals surface area contributed by atoms with E-state index in [2.05, 4.69) is 20.8 Å². The molecule has 0 unspecified atom stereocenters. The fourth-order valence-corrected chi connectivity index (χ4v) is 1.66. The molecule has 0 bridgehead atoms. The summed E-state index contributed by atoms with van der Waals surface area (Å²) in [6, 6.07) is 0. The number of hydrogen-bond donors (Lipinski definition) is 3. The summed E-state index contributed by atoms with van der Waals surface area (Å²) in [7, 11) is 0. The van der Waals surface area contributed by atoms with Crippen molar-refractivity contribution in [1.29, 1.82) is 0 Å². The van der Waals surface area contributed by atoms with Crippen molar-refractivity contribution in [2.45, 2.75) is 58.5 Å². The van der Waals surface area contributed by atoms with Gasteiger partial charge in [0.1, 0.15) is 5.60 Å². The van der Waals surface area contributed by atoms with E-state index in [0.29, 0.717) is 11.8 Å². The first-order valence-electron chi connectivity index (χ1n) is 5.89. The van der Waals surface area contributed by atoms with Crippen LogP contribution in [0.4, 0.5) is 0 Å². The van der Waals surface area contributed by atoms with E-state index in [1.54, 1.807) is 0 Å². The third-order valence-electron chi connectivity index (χ3n) is 3.72. The van der Waals surface area contributed by atoms with Crippen LogP contribution in [0.25, 0.3) is 0 Å². The summed E-state index contributed by atoms with van der Waals surface area (Å²) >= 11 is 0. The summed E-state index contributed by atoms with van der Waals surface area (Å²) in [5.41, 5.74) is -0.964. The van der Waals surface area contributed by atoms with Crippen LogP contribution in [0.1, 0.15) is 52.9 Å². The van der Waals surface area contributed by atoms with Crippen molar-refractivity contribution in [2.75, 3.05) is 13.2 Å². The molecule has 0 atom stereocenters. The van der Waals surface area contributed by atoms with Gasteiger partial charge in [-0.25, -0.2) is 0 Å². The van der Waals surface area contributed by atoms with Crippen molar-refractivity contribution in [2.24, 2.45) is 5.41 Å². The van der Waals surface area contributed by atoms with Crippen molar-refractivity contribution in [3.05, 3.63) is 0 Å². The highest BCUT2D eigenvalue weighted by Crippen LogP contribution is 2.32. The molecule has 0 heterocycles. The first kappa shape index (κ1) is 14.9. The molecule has 3 N–H and O–H groups in total. The summed E-state index contributed by atoms with van der Waals surface area (Å²) < 4.78 is 0. The van der Waals surface area contributed by atoms with E-state index in [9.17, 15) is 5.11 Å². The third-order valence-corrected chi connectivity index (χ3v) is 3.72. The van der Waals surface area contributed by atoms with Gasteiger partial charge < -0.3 is 15.3 Å². The minimum Gasteiger partial charge on any atom is -0.393 e. The first-order valence-corrected chi connectivity index (χ1v) is 5.89. The van der Waals surface area contributed by atoms with Gasteiger partial charge in [0.2, 0.25) is 0 Å². The molecule has 0 fully saturated rings. The maximum absolute atomic E-state index is 9.67. The van der Waals surface area contributed by atoms with E-state index >= 15 is 0 Å². The van der Waals surface area contributed by atoms with Crippen LogP contribution in [-0.2, 0) is 0 Å². The van der Waals surface area contributed by atoms with E-state index in [0.717, 1.165) is 25.7 Å². The molecule has 0 saturated carbocycles. The molecule has 3 nitrogen and oxygen atoms in total. The second-order valence-corrected chi connectivity index (χ2v) is 4.91. The molecular formula is C12H26O3. The molecule has 0 aromatic carbocycles. The summed E-state index contributed by atoms with van der Waals surface area (Å²) in [6.07, 6.45) is 4.59. The topological polar surface area (TPSA) is 60.7 Å². The van der Waals surface area contributed by atoms with E-state index in [-0.39, 0.29) is 13.2 Å². The quantitative estimate of drug-likeness (QED) is 0.581. The molecule has 0 saturated heterocycles. The Labute approximate surface area is 93.1 Å². The number of hydrogen-bond acceptors (Lipinski definition) is 3. The Morgan fingerprint density at radius 1 is 0.933 bits per heavy atom. The summed E-state index contributed by atoms with van der Waals surface area (Å²) in [5, 5.41) is 27.5. The van der Waals surface area contributed by atoms with Gasteiger partial charge in [0.05, 0.1) is 13.2 Å². The lowest BCUT2D eigenvalue weighted by Gasteiger charge is -2.29. The van der Waals surface area contributed by atoms with Gasteiger partial charge in [-0.2, -0.15) is 0 Å². The fraction of sp³-hybridized carbons (Fsp3) is 1.00. The van der Waals surface area contributed by atoms with Crippen molar-refractivity contribution in [3.63, 3.8) is 0 Å². The second-order valence-electron chi connectivity index (χ2n) is 4.91. The predicted octanol–water partition coefficient (Wildman–Crippen LogP) is 1.70. The summed E-state index contributed by atoms with van der Waals surface area (Å²) in [4.78, 5) is 0. The van der Waals surface area contributed by atoms with Gasteiger partial charge in [0.25, 0.3) is 0 Å². The molecule has 3 heteroatoms. The van der Waals surface area contributed by atoms with Gasteiger partial charge in [-0.05, 0) is 24.7 Å². The molecule has 0 radical (unpaired) electrons. The predicted molar refractivity (Wildman–Crippen MR) is 61.7 cm³/mol. The molecule has 0 aromatic heterocycles. The monoisotopic (exact) mass is 218 g/mol. The van der Waals surface area contributed by atoms with Crippen molar-refractivity contribution in [3.8, 4) is 0 Å². The highest BCUT2D eigenvalue weighted by molar-refractivity contribution is 4.78. The van der Waals surface area contributed by atoms with E-state index in [1.807, 2.05) is 0 Å². The molecule has 0 aromatic rings. The van der Waals surface area contributed by atoms with E-state index < -0.39 is 5.60 Å². The average molecular weight is 218 g/mol. The second kappa shape index (κ2) is 6.46. The highest BCUT2D eigenvalue weighted by atomic mass is 16.4. The zero-order valence-electron chi connectivity index (χ0n) is 10.3. The minimum absolute atomic E-state index is 0.325. The Morgan fingerprint density at radius 2 is 1.40 bits per heavy atom. The first-order chi connectivity index (χ1) is 6.95. The van der Waals surface area contributed by atoms with Crippen LogP contribution in [0.2, 0.25) is 0 Å². The third kappa shape index (κ3) is 4.96. The van der Waals surface area contributed by atoms with Crippen molar-refractivity contribution < 1.29 is 15.3 Å². The minimum atomic E-state index is -1.29. The van der Waals surface area contributed by atoms with Crippen LogP contribution in [0.5, 0.6) is 0 Å². The van der Waals surface area contributed by atoms with E-state index in [1.165, 1.54) is 0 Å². The Morgan fingerprint density at radius 3 is 1.73 bits per heavy atom. The molecule has 0 amide bonds. The largest absolute Gasteiger partial charge is 0.393 e. The Hall–Kier alpha value is -0.120. The summed E-state index contributed by atoms with van der Waals surface area (Å²) in [5.74, 6) is 0. The fourth-order valence-electron chi connectivity index (χ4n) is 1.66. The van der Waals surface area contributed by atoms with Crippen LogP contribution in [0.3, 0.4) is 0 Å². The molecule has 15 heavy (non-hydrogen) atoms. The zero-order chi connectivity index (χ0) is 11.9. The number of aliphatic hydroxyl groups is 3. The van der Waals surface area contributed by atoms with Crippen LogP contribution < -0.4 is 0 Å². The smallest absolute Gasteiger partial charge is 0.111 e. The molecule has 92 valence electrons. The lowest BCUT2D eigenvalue weighted by Crippen LogP contribution is -2.37. The van der Waals surface area contributed by atoms with Crippen molar-refractivity contribution >= 4 is 0 Å². The average Bonchev–Trinajstić information content (AvgIpc) is 2.28. The Kier molecular flexibility index (Phi) is 6.41. The molecular weight excluding hydrogens is 192 g/mol. The van der Waals surface area contributed by atoms with Crippen molar-refractivity contribution in [1.82, 2.24) is 0 Å². The Bertz CT molecular complexity index is 142. The maximum atomic E-state index is 9.67. The van der Waals surface area contributed by atoms with E-state index in [4.69, 9.17) is 10.2 Å². The van der Waals surface area contributed by atoms with Gasteiger partial charge in [0.15, 0.2) is 0 Å². The lowest BCUT2D eigenvalue weighted by atomic mass is 9.79.